The van der Waals surface area contributed by atoms with Gasteiger partial charge in [-0.2, -0.15) is 0 Å². The summed E-state index contributed by atoms with van der Waals surface area (Å²) in [4.78, 5) is 4.27. The molecule has 1 N–H and O–H groups in total. The molecular formula is C11H14ClN3O. The van der Waals surface area contributed by atoms with Crippen LogP contribution in [0, 0.1) is 0 Å². The summed E-state index contributed by atoms with van der Waals surface area (Å²) >= 11 is 6.08. The number of aromatic nitrogens is 2. The number of nitrogens with zero attached hydrogens (tertiary/aromatic N) is 2. The molecule has 0 unspecified atom stereocenters. The van der Waals surface area contributed by atoms with Gasteiger partial charge in [-0.3, -0.25) is 0 Å². The van der Waals surface area contributed by atoms with E-state index >= 15 is 0 Å². The first-order valence-electron chi connectivity index (χ1n) is 5.14. The fraction of sp³-hybridized carbons (Fsp3) is 0.364. The van der Waals surface area contributed by atoms with Crippen LogP contribution in [0.15, 0.2) is 24.4 Å². The van der Waals surface area contributed by atoms with E-state index in [1.54, 1.807) is 7.11 Å². The van der Waals surface area contributed by atoms with Gasteiger partial charge in [0.25, 0.3) is 0 Å². The lowest BCUT2D eigenvalue weighted by atomic mass is 10.4. The van der Waals surface area contributed by atoms with Crippen LogP contribution < -0.4 is 5.32 Å². The molecular weight excluding hydrogens is 226 g/mol. The zero-order valence-electron chi connectivity index (χ0n) is 9.11. The van der Waals surface area contributed by atoms with Crippen LogP contribution in [0.4, 0.5) is 0 Å². The second-order valence-electron chi connectivity index (χ2n) is 3.45. The van der Waals surface area contributed by atoms with Crippen LogP contribution in [-0.4, -0.2) is 29.6 Å². The second kappa shape index (κ2) is 5.30. The third-order valence-corrected chi connectivity index (χ3v) is 2.66. The Kier molecular flexibility index (Phi) is 3.77. The minimum absolute atomic E-state index is 0.552. The number of hydrogen-bond donors (Lipinski definition) is 1. The Hall–Kier alpha value is -1.10. The normalized spacial score (nSPS) is 11.1. The van der Waals surface area contributed by atoms with Gasteiger partial charge in [-0.15, -0.1) is 0 Å². The maximum atomic E-state index is 6.08. The van der Waals surface area contributed by atoms with E-state index in [2.05, 4.69) is 10.3 Å². The first-order valence-corrected chi connectivity index (χ1v) is 5.52. The first-order chi connectivity index (χ1) is 7.83. The van der Waals surface area contributed by atoms with E-state index in [1.165, 1.54) is 0 Å². The highest BCUT2D eigenvalue weighted by Gasteiger charge is 2.08. The van der Waals surface area contributed by atoms with Crippen molar-refractivity contribution in [3.63, 3.8) is 0 Å². The Morgan fingerprint density at radius 2 is 2.38 bits per heavy atom. The summed E-state index contributed by atoms with van der Waals surface area (Å²) in [5, 5.41) is 3.80. The highest BCUT2D eigenvalue weighted by atomic mass is 35.5. The van der Waals surface area contributed by atoms with Crippen LogP contribution in [-0.2, 0) is 11.3 Å². The molecule has 2 aromatic rings. The molecule has 2 aromatic heterocycles. The zero-order valence-corrected chi connectivity index (χ0v) is 9.87. The van der Waals surface area contributed by atoms with Crippen molar-refractivity contribution < 1.29 is 4.74 Å². The van der Waals surface area contributed by atoms with E-state index in [9.17, 15) is 0 Å². The van der Waals surface area contributed by atoms with Gasteiger partial charge < -0.3 is 14.5 Å². The average Bonchev–Trinajstić information content (AvgIpc) is 2.61. The van der Waals surface area contributed by atoms with Gasteiger partial charge in [0.2, 0.25) is 0 Å². The SMILES string of the molecule is COCCNCc1c(Cl)nc2ccccn12. The summed E-state index contributed by atoms with van der Waals surface area (Å²) in [7, 11) is 1.68. The molecule has 16 heavy (non-hydrogen) atoms. The predicted octanol–water partition coefficient (Wildman–Crippen LogP) is 1.72. The van der Waals surface area contributed by atoms with Gasteiger partial charge in [0, 0.05) is 26.4 Å². The molecule has 5 heteroatoms. The summed E-state index contributed by atoms with van der Waals surface area (Å²) in [5.74, 6) is 0. The van der Waals surface area contributed by atoms with Crippen molar-refractivity contribution in [2.75, 3.05) is 20.3 Å². The van der Waals surface area contributed by atoms with Crippen LogP contribution in [0.25, 0.3) is 5.65 Å². The summed E-state index contributed by atoms with van der Waals surface area (Å²) in [5.41, 5.74) is 1.85. The van der Waals surface area contributed by atoms with Crippen molar-refractivity contribution >= 4 is 17.2 Å². The largest absolute Gasteiger partial charge is 0.383 e. The minimum atomic E-state index is 0.552. The average molecular weight is 240 g/mol. The fourth-order valence-corrected chi connectivity index (χ4v) is 1.80. The Morgan fingerprint density at radius 3 is 3.19 bits per heavy atom. The summed E-state index contributed by atoms with van der Waals surface area (Å²) in [6, 6.07) is 5.84. The van der Waals surface area contributed by atoms with Crippen molar-refractivity contribution in [1.82, 2.24) is 14.7 Å². The molecule has 0 amide bonds. The molecule has 0 aliphatic rings. The zero-order chi connectivity index (χ0) is 11.4. The van der Waals surface area contributed by atoms with E-state index in [0.29, 0.717) is 18.3 Å². The van der Waals surface area contributed by atoms with E-state index in [1.807, 2.05) is 28.8 Å². The van der Waals surface area contributed by atoms with Crippen molar-refractivity contribution in [3.8, 4) is 0 Å². The number of halogens is 1. The van der Waals surface area contributed by atoms with Gasteiger partial charge in [0.1, 0.15) is 5.65 Å². The van der Waals surface area contributed by atoms with Gasteiger partial charge in [-0.05, 0) is 12.1 Å². The minimum Gasteiger partial charge on any atom is -0.383 e. The Balaban J connectivity index is 2.13. The quantitative estimate of drug-likeness (QED) is 0.808. The smallest absolute Gasteiger partial charge is 0.152 e. The van der Waals surface area contributed by atoms with E-state index in [-0.39, 0.29) is 0 Å². The number of rotatable bonds is 5. The highest BCUT2D eigenvalue weighted by Crippen LogP contribution is 2.16. The summed E-state index contributed by atoms with van der Waals surface area (Å²) in [6.07, 6.45) is 1.96. The Bertz CT molecular complexity index is 469. The Morgan fingerprint density at radius 1 is 1.50 bits per heavy atom. The molecule has 2 heterocycles. The number of fused-ring (bicyclic) bond motifs is 1. The lowest BCUT2D eigenvalue weighted by Crippen LogP contribution is -2.19. The first kappa shape index (κ1) is 11.4. The maximum absolute atomic E-state index is 6.08. The number of imidazole rings is 1. The lowest BCUT2D eigenvalue weighted by Gasteiger charge is -2.04. The second-order valence-corrected chi connectivity index (χ2v) is 3.81. The molecule has 4 nitrogen and oxygen atoms in total. The van der Waals surface area contributed by atoms with Crippen LogP contribution in [0.3, 0.4) is 0 Å². The number of ether oxygens (including phenoxy) is 1. The van der Waals surface area contributed by atoms with Crippen LogP contribution >= 0.6 is 11.6 Å². The number of pyridine rings is 1. The molecule has 0 bridgehead atoms. The molecule has 0 aliphatic carbocycles. The Labute approximate surface area is 99.2 Å². The highest BCUT2D eigenvalue weighted by molar-refractivity contribution is 6.30. The molecule has 0 fully saturated rings. The molecule has 0 aromatic carbocycles. The lowest BCUT2D eigenvalue weighted by molar-refractivity contribution is 0.199. The van der Waals surface area contributed by atoms with E-state index in [0.717, 1.165) is 17.9 Å². The third kappa shape index (κ3) is 2.35. The summed E-state index contributed by atoms with van der Waals surface area (Å²) < 4.78 is 6.95. The van der Waals surface area contributed by atoms with Gasteiger partial charge in [0.15, 0.2) is 5.15 Å². The van der Waals surface area contributed by atoms with Gasteiger partial charge >= 0.3 is 0 Å². The van der Waals surface area contributed by atoms with E-state index in [4.69, 9.17) is 16.3 Å². The van der Waals surface area contributed by atoms with Crippen molar-refractivity contribution in [1.29, 1.82) is 0 Å². The predicted molar refractivity (Wildman–Crippen MR) is 63.8 cm³/mol. The molecule has 0 saturated heterocycles. The van der Waals surface area contributed by atoms with Crippen LogP contribution in [0.2, 0.25) is 5.15 Å². The molecule has 0 radical (unpaired) electrons. The molecule has 0 saturated carbocycles. The topological polar surface area (TPSA) is 38.6 Å². The maximum Gasteiger partial charge on any atom is 0.152 e. The number of nitrogens with one attached hydrogen (secondary N) is 1. The summed E-state index contributed by atoms with van der Waals surface area (Å²) in [6.45, 7) is 2.18. The standard InChI is InChI=1S/C11H14ClN3O/c1-16-7-5-13-8-9-11(12)14-10-4-2-3-6-15(9)10/h2-4,6,13H,5,7-8H2,1H3. The van der Waals surface area contributed by atoms with Crippen molar-refractivity contribution in [2.24, 2.45) is 0 Å². The van der Waals surface area contributed by atoms with Crippen LogP contribution in [0.1, 0.15) is 5.69 Å². The number of methoxy groups -OCH3 is 1. The van der Waals surface area contributed by atoms with Crippen molar-refractivity contribution in [3.05, 3.63) is 35.2 Å². The van der Waals surface area contributed by atoms with Crippen LogP contribution in [0.5, 0.6) is 0 Å². The molecule has 2 rings (SSSR count). The van der Waals surface area contributed by atoms with Crippen molar-refractivity contribution in [2.45, 2.75) is 6.54 Å². The third-order valence-electron chi connectivity index (χ3n) is 2.36. The van der Waals surface area contributed by atoms with E-state index < -0.39 is 0 Å². The molecule has 0 spiro atoms. The van der Waals surface area contributed by atoms with Gasteiger partial charge in [0.05, 0.1) is 12.3 Å². The molecule has 0 aliphatic heterocycles. The fourth-order valence-electron chi connectivity index (χ4n) is 1.56. The molecule has 86 valence electrons. The number of hydrogen-bond acceptors (Lipinski definition) is 3. The monoisotopic (exact) mass is 239 g/mol. The van der Waals surface area contributed by atoms with Gasteiger partial charge in [-0.25, -0.2) is 4.98 Å². The molecule has 0 atom stereocenters. The van der Waals surface area contributed by atoms with Gasteiger partial charge in [-0.1, -0.05) is 17.7 Å².